The highest BCUT2D eigenvalue weighted by molar-refractivity contribution is 5.67. The molecule has 7 heteroatoms. The van der Waals surface area contributed by atoms with Crippen LogP contribution in [0.1, 0.15) is 37.2 Å². The maximum absolute atomic E-state index is 5.09. The quantitative estimate of drug-likeness (QED) is 0.774. The molecule has 0 saturated heterocycles. The first-order chi connectivity index (χ1) is 10.1. The second-order valence-corrected chi connectivity index (χ2v) is 5.24. The molecule has 0 atom stereocenters. The van der Waals surface area contributed by atoms with E-state index in [1.807, 2.05) is 17.6 Å². The first-order valence-electron chi connectivity index (χ1n) is 7.01. The summed E-state index contributed by atoms with van der Waals surface area (Å²) in [6, 6.07) is 2.07. The van der Waals surface area contributed by atoms with Crippen molar-refractivity contribution in [2.45, 2.75) is 33.1 Å². The lowest BCUT2D eigenvalue weighted by atomic mass is 10.1. The molecule has 0 spiro atoms. The fraction of sp³-hybridized carbons (Fsp3) is 0.429. The van der Waals surface area contributed by atoms with E-state index < -0.39 is 0 Å². The molecule has 0 aromatic carbocycles. The minimum Gasteiger partial charge on any atom is -0.368 e. The van der Waals surface area contributed by atoms with Gasteiger partial charge in [0.2, 0.25) is 5.89 Å². The average Bonchev–Trinajstić information content (AvgIpc) is 3.05. The Morgan fingerprint density at radius 2 is 2.24 bits per heavy atom. The summed E-state index contributed by atoms with van der Waals surface area (Å²) in [7, 11) is 0. The van der Waals surface area contributed by atoms with Crippen LogP contribution in [0.3, 0.4) is 0 Å². The zero-order chi connectivity index (χ0) is 14.8. The van der Waals surface area contributed by atoms with E-state index in [0.29, 0.717) is 30.6 Å². The summed E-state index contributed by atoms with van der Waals surface area (Å²) in [6.45, 7) is 6.74. The Morgan fingerprint density at radius 3 is 2.95 bits per heavy atom. The second-order valence-electron chi connectivity index (χ2n) is 5.24. The highest BCUT2D eigenvalue weighted by Crippen LogP contribution is 2.19. The lowest BCUT2D eigenvalue weighted by Gasteiger charge is -2.04. The summed E-state index contributed by atoms with van der Waals surface area (Å²) in [5.74, 6) is 2.48. The van der Waals surface area contributed by atoms with E-state index in [4.69, 9.17) is 4.52 Å². The summed E-state index contributed by atoms with van der Waals surface area (Å²) in [6.07, 6.45) is 4.26. The molecule has 0 aliphatic rings. The zero-order valence-corrected chi connectivity index (χ0v) is 12.4. The van der Waals surface area contributed by atoms with Gasteiger partial charge in [-0.1, -0.05) is 19.0 Å². The van der Waals surface area contributed by atoms with Gasteiger partial charge in [-0.05, 0) is 18.9 Å². The summed E-state index contributed by atoms with van der Waals surface area (Å²) >= 11 is 0. The molecule has 21 heavy (non-hydrogen) atoms. The van der Waals surface area contributed by atoms with Gasteiger partial charge in [-0.25, -0.2) is 9.50 Å². The normalized spacial score (nSPS) is 11.4. The van der Waals surface area contributed by atoms with Crippen LogP contribution in [0, 0.1) is 6.92 Å². The maximum Gasteiger partial charge on any atom is 0.228 e. The largest absolute Gasteiger partial charge is 0.368 e. The topological polar surface area (TPSA) is 81.1 Å². The molecule has 7 nitrogen and oxygen atoms in total. The molecule has 0 unspecified atom stereocenters. The van der Waals surface area contributed by atoms with Crippen molar-refractivity contribution in [3.8, 4) is 0 Å². The van der Waals surface area contributed by atoms with Crippen molar-refractivity contribution in [1.82, 2.24) is 24.7 Å². The van der Waals surface area contributed by atoms with Crippen molar-refractivity contribution < 1.29 is 4.52 Å². The number of nitrogens with one attached hydrogen (secondary N) is 1. The van der Waals surface area contributed by atoms with E-state index in [0.717, 1.165) is 17.0 Å². The monoisotopic (exact) mass is 286 g/mol. The van der Waals surface area contributed by atoms with Crippen molar-refractivity contribution in [2.24, 2.45) is 0 Å². The smallest absolute Gasteiger partial charge is 0.228 e. The van der Waals surface area contributed by atoms with E-state index in [2.05, 4.69) is 45.5 Å². The van der Waals surface area contributed by atoms with E-state index in [9.17, 15) is 0 Å². The van der Waals surface area contributed by atoms with Crippen LogP contribution in [-0.4, -0.2) is 31.3 Å². The Morgan fingerprint density at radius 1 is 1.38 bits per heavy atom. The molecule has 0 aliphatic heterocycles. The van der Waals surface area contributed by atoms with Gasteiger partial charge in [0, 0.05) is 25.4 Å². The van der Waals surface area contributed by atoms with Crippen LogP contribution >= 0.6 is 0 Å². The molecule has 0 radical (unpaired) electrons. The van der Waals surface area contributed by atoms with Crippen LogP contribution in [0.15, 0.2) is 23.0 Å². The standard InChI is InChI=1S/C14H18N6O/c1-9(2)11-8-12-14(16-6-7-20(12)18-11)15-5-4-13-17-10(3)19-21-13/h6-9H,4-5H2,1-3H3,(H,15,16). The number of aromatic nitrogens is 5. The molecular weight excluding hydrogens is 268 g/mol. The third kappa shape index (κ3) is 2.86. The van der Waals surface area contributed by atoms with Gasteiger partial charge in [0.15, 0.2) is 11.6 Å². The molecule has 0 aliphatic carbocycles. The van der Waals surface area contributed by atoms with Gasteiger partial charge in [-0.2, -0.15) is 10.1 Å². The molecular formula is C14H18N6O. The van der Waals surface area contributed by atoms with E-state index in [1.54, 1.807) is 6.20 Å². The molecule has 0 saturated carbocycles. The molecule has 1 N–H and O–H groups in total. The molecule has 0 fully saturated rings. The van der Waals surface area contributed by atoms with Gasteiger partial charge in [-0.15, -0.1) is 0 Å². The molecule has 0 amide bonds. The molecule has 3 aromatic heterocycles. The fourth-order valence-corrected chi connectivity index (χ4v) is 2.09. The van der Waals surface area contributed by atoms with Gasteiger partial charge < -0.3 is 9.84 Å². The summed E-state index contributed by atoms with van der Waals surface area (Å²) < 4.78 is 6.93. The van der Waals surface area contributed by atoms with Crippen molar-refractivity contribution in [3.05, 3.63) is 35.9 Å². The van der Waals surface area contributed by atoms with Crippen LogP contribution in [0.2, 0.25) is 0 Å². The van der Waals surface area contributed by atoms with Crippen molar-refractivity contribution in [2.75, 3.05) is 11.9 Å². The minimum absolute atomic E-state index is 0.388. The number of hydrogen-bond donors (Lipinski definition) is 1. The van der Waals surface area contributed by atoms with Crippen molar-refractivity contribution >= 4 is 11.3 Å². The second kappa shape index (κ2) is 5.51. The average molecular weight is 286 g/mol. The third-order valence-electron chi connectivity index (χ3n) is 3.20. The van der Waals surface area contributed by atoms with Crippen molar-refractivity contribution in [3.63, 3.8) is 0 Å². The molecule has 3 rings (SSSR count). The lowest BCUT2D eigenvalue weighted by Crippen LogP contribution is -2.07. The van der Waals surface area contributed by atoms with Crippen LogP contribution in [0.25, 0.3) is 5.52 Å². The Bertz CT molecular complexity index is 745. The minimum atomic E-state index is 0.388. The first kappa shape index (κ1) is 13.5. The number of nitrogens with zero attached hydrogens (tertiary/aromatic N) is 5. The number of fused-ring (bicyclic) bond motifs is 1. The van der Waals surface area contributed by atoms with Crippen molar-refractivity contribution in [1.29, 1.82) is 0 Å². The van der Waals surface area contributed by atoms with Gasteiger partial charge in [0.1, 0.15) is 5.52 Å². The molecule has 3 aromatic rings. The third-order valence-corrected chi connectivity index (χ3v) is 3.20. The SMILES string of the molecule is Cc1noc(CCNc2nccn3nc(C(C)C)cc23)n1. The highest BCUT2D eigenvalue weighted by atomic mass is 16.5. The number of anilines is 1. The van der Waals surface area contributed by atoms with Gasteiger partial charge in [0.25, 0.3) is 0 Å². The van der Waals surface area contributed by atoms with Gasteiger partial charge in [0.05, 0.1) is 5.69 Å². The van der Waals surface area contributed by atoms with Crippen LogP contribution in [0.4, 0.5) is 5.82 Å². The Kier molecular flexibility index (Phi) is 3.55. The summed E-state index contributed by atoms with van der Waals surface area (Å²) in [5.41, 5.74) is 2.03. The lowest BCUT2D eigenvalue weighted by molar-refractivity contribution is 0.377. The molecule has 110 valence electrons. The Labute approximate surface area is 122 Å². The van der Waals surface area contributed by atoms with E-state index in [-0.39, 0.29) is 0 Å². The molecule has 0 bridgehead atoms. The van der Waals surface area contributed by atoms with Crippen LogP contribution < -0.4 is 5.32 Å². The molecule has 3 heterocycles. The van der Waals surface area contributed by atoms with Crippen LogP contribution in [-0.2, 0) is 6.42 Å². The zero-order valence-electron chi connectivity index (χ0n) is 12.4. The van der Waals surface area contributed by atoms with Gasteiger partial charge in [-0.3, -0.25) is 0 Å². The number of hydrogen-bond acceptors (Lipinski definition) is 6. The van der Waals surface area contributed by atoms with Gasteiger partial charge >= 0.3 is 0 Å². The number of aryl methyl sites for hydroxylation is 1. The maximum atomic E-state index is 5.09. The van der Waals surface area contributed by atoms with E-state index in [1.165, 1.54) is 0 Å². The Balaban J connectivity index is 1.74. The predicted octanol–water partition coefficient (Wildman–Crippen LogP) is 2.20. The fourth-order valence-electron chi connectivity index (χ4n) is 2.09. The summed E-state index contributed by atoms with van der Waals surface area (Å²) in [4.78, 5) is 8.55. The highest BCUT2D eigenvalue weighted by Gasteiger charge is 2.10. The van der Waals surface area contributed by atoms with Crippen LogP contribution in [0.5, 0.6) is 0 Å². The van der Waals surface area contributed by atoms with E-state index >= 15 is 0 Å². The number of rotatable bonds is 5. The first-order valence-corrected chi connectivity index (χ1v) is 7.01. The summed E-state index contributed by atoms with van der Waals surface area (Å²) in [5, 5.41) is 11.6. The Hall–Kier alpha value is -2.44. The predicted molar refractivity (Wildman–Crippen MR) is 78.3 cm³/mol.